The summed E-state index contributed by atoms with van der Waals surface area (Å²) in [6.45, 7) is 3.85. The van der Waals surface area contributed by atoms with Gasteiger partial charge in [-0.15, -0.1) is 11.3 Å². The predicted molar refractivity (Wildman–Crippen MR) is 98.3 cm³/mol. The van der Waals surface area contributed by atoms with E-state index < -0.39 is 0 Å². The molecular weight excluding hydrogens is 349 g/mol. The van der Waals surface area contributed by atoms with Crippen LogP contribution in [-0.2, 0) is 13.1 Å². The van der Waals surface area contributed by atoms with E-state index in [0.29, 0.717) is 15.4 Å². The number of aromatic nitrogens is 1. The Morgan fingerprint density at radius 3 is 2.87 bits per heavy atom. The summed E-state index contributed by atoms with van der Waals surface area (Å²) >= 11 is 14.0. The van der Waals surface area contributed by atoms with E-state index >= 15 is 0 Å². The molecule has 23 heavy (non-hydrogen) atoms. The second-order valence-corrected chi connectivity index (χ2v) is 7.77. The predicted octanol–water partition coefficient (Wildman–Crippen LogP) is 4.59. The second kappa shape index (κ2) is 8.45. The van der Waals surface area contributed by atoms with Crippen LogP contribution in [0.15, 0.2) is 29.8 Å². The van der Waals surface area contributed by atoms with Crippen molar-refractivity contribution in [2.45, 2.75) is 38.4 Å². The molecule has 0 saturated carbocycles. The molecule has 6 heteroatoms. The molecule has 3 rings (SSSR count). The molecule has 3 heterocycles. The number of nitrogens with one attached hydrogen (secondary N) is 1. The number of hydrogen-bond acceptors (Lipinski definition) is 4. The molecule has 0 aromatic carbocycles. The van der Waals surface area contributed by atoms with Gasteiger partial charge in [0.2, 0.25) is 0 Å². The Bertz CT molecular complexity index is 610. The maximum atomic E-state index is 6.35. The summed E-state index contributed by atoms with van der Waals surface area (Å²) in [5.41, 5.74) is 2.22. The first kappa shape index (κ1) is 17.2. The lowest BCUT2D eigenvalue weighted by Gasteiger charge is -2.30. The van der Waals surface area contributed by atoms with Crippen LogP contribution in [0.25, 0.3) is 0 Å². The van der Waals surface area contributed by atoms with E-state index in [1.165, 1.54) is 24.2 Å². The molecule has 0 bridgehead atoms. The minimum absolute atomic E-state index is 0.543. The first-order chi connectivity index (χ1) is 11.2. The van der Waals surface area contributed by atoms with E-state index in [1.807, 2.05) is 18.3 Å². The van der Waals surface area contributed by atoms with E-state index in [1.54, 1.807) is 0 Å². The van der Waals surface area contributed by atoms with E-state index in [9.17, 15) is 0 Å². The highest BCUT2D eigenvalue weighted by atomic mass is 35.5. The molecule has 0 aliphatic carbocycles. The van der Waals surface area contributed by atoms with Gasteiger partial charge in [-0.05, 0) is 55.4 Å². The highest BCUT2D eigenvalue weighted by molar-refractivity contribution is 7.15. The Kier molecular flexibility index (Phi) is 6.31. The number of rotatable bonds is 5. The van der Waals surface area contributed by atoms with Gasteiger partial charge in [0.05, 0.1) is 10.7 Å². The van der Waals surface area contributed by atoms with Crippen LogP contribution in [0.5, 0.6) is 0 Å². The quantitative estimate of drug-likeness (QED) is 0.834. The molecule has 0 amide bonds. The van der Waals surface area contributed by atoms with Gasteiger partial charge in [0.25, 0.3) is 0 Å². The normalized spacial score (nSPS) is 19.0. The van der Waals surface area contributed by atoms with Crippen molar-refractivity contribution >= 4 is 34.5 Å². The van der Waals surface area contributed by atoms with Crippen LogP contribution in [0.4, 0.5) is 0 Å². The lowest BCUT2D eigenvalue weighted by molar-refractivity contribution is 0.162. The van der Waals surface area contributed by atoms with Crippen molar-refractivity contribution in [2.75, 3.05) is 13.1 Å². The molecular formula is C17H21Cl2N3S. The van der Waals surface area contributed by atoms with Gasteiger partial charge in [-0.3, -0.25) is 9.88 Å². The zero-order valence-corrected chi connectivity index (χ0v) is 15.3. The SMILES string of the molecule is Clc1scc(CN(Cc2ccccn2)C2CCCNCC2)c1Cl. The number of nitrogens with zero attached hydrogens (tertiary/aromatic N) is 2. The molecule has 0 radical (unpaired) electrons. The van der Waals surface area contributed by atoms with Crippen molar-refractivity contribution in [2.24, 2.45) is 0 Å². The molecule has 3 nitrogen and oxygen atoms in total. The minimum atomic E-state index is 0.543. The standard InChI is InChI=1S/C17H21Cl2N3S/c18-16-13(12-23-17(16)19)10-22(11-14-4-1-2-8-21-14)15-5-3-7-20-9-6-15/h1-2,4,8,12,15,20H,3,5-7,9-11H2. The van der Waals surface area contributed by atoms with Gasteiger partial charge in [0, 0.05) is 25.3 Å². The fourth-order valence-corrected chi connectivity index (χ4v) is 4.30. The molecule has 124 valence electrons. The van der Waals surface area contributed by atoms with Crippen LogP contribution in [0, 0.1) is 0 Å². The summed E-state index contributed by atoms with van der Waals surface area (Å²) in [7, 11) is 0. The molecule has 0 spiro atoms. The number of halogens is 2. The van der Waals surface area contributed by atoms with Crippen LogP contribution < -0.4 is 5.32 Å². The van der Waals surface area contributed by atoms with Crippen LogP contribution in [0.2, 0.25) is 9.36 Å². The summed E-state index contributed by atoms with van der Waals surface area (Å²) in [6, 6.07) is 6.63. The van der Waals surface area contributed by atoms with Crippen molar-refractivity contribution in [1.29, 1.82) is 0 Å². The molecule has 1 aliphatic heterocycles. The average Bonchev–Trinajstić information content (AvgIpc) is 2.79. The van der Waals surface area contributed by atoms with Gasteiger partial charge in [-0.2, -0.15) is 0 Å². The fourth-order valence-electron chi connectivity index (χ4n) is 3.06. The minimum Gasteiger partial charge on any atom is -0.317 e. The summed E-state index contributed by atoms with van der Waals surface area (Å²) in [4.78, 5) is 6.99. The van der Waals surface area contributed by atoms with Crippen LogP contribution in [-0.4, -0.2) is 29.0 Å². The Hall–Kier alpha value is -0.650. The van der Waals surface area contributed by atoms with Crippen LogP contribution >= 0.6 is 34.5 Å². The van der Waals surface area contributed by atoms with Gasteiger partial charge in [-0.25, -0.2) is 0 Å². The lowest BCUT2D eigenvalue weighted by Crippen LogP contribution is -2.35. The molecule has 1 saturated heterocycles. The van der Waals surface area contributed by atoms with E-state index in [2.05, 4.69) is 26.6 Å². The first-order valence-electron chi connectivity index (χ1n) is 8.00. The van der Waals surface area contributed by atoms with Crippen molar-refractivity contribution in [1.82, 2.24) is 15.2 Å². The molecule has 1 atom stereocenters. The zero-order valence-electron chi connectivity index (χ0n) is 13.0. The van der Waals surface area contributed by atoms with Gasteiger partial charge in [0.15, 0.2) is 0 Å². The third kappa shape index (κ3) is 4.68. The highest BCUT2D eigenvalue weighted by Gasteiger charge is 2.22. The Balaban J connectivity index is 1.78. The van der Waals surface area contributed by atoms with Gasteiger partial charge >= 0.3 is 0 Å². The third-order valence-electron chi connectivity index (χ3n) is 4.29. The van der Waals surface area contributed by atoms with Crippen molar-refractivity contribution in [3.05, 3.63) is 50.4 Å². The maximum Gasteiger partial charge on any atom is 0.112 e. The Labute approximate surface area is 151 Å². The van der Waals surface area contributed by atoms with Gasteiger partial charge < -0.3 is 5.32 Å². The third-order valence-corrected chi connectivity index (χ3v) is 6.20. The molecule has 2 aromatic rings. The molecule has 1 N–H and O–H groups in total. The van der Waals surface area contributed by atoms with Crippen LogP contribution in [0.3, 0.4) is 0 Å². The second-order valence-electron chi connectivity index (χ2n) is 5.91. The highest BCUT2D eigenvalue weighted by Crippen LogP contribution is 2.34. The number of pyridine rings is 1. The summed E-state index contributed by atoms with van der Waals surface area (Å²) < 4.78 is 0.682. The Morgan fingerprint density at radius 1 is 1.22 bits per heavy atom. The summed E-state index contributed by atoms with van der Waals surface area (Å²) in [5, 5.41) is 6.27. The molecule has 1 fully saturated rings. The number of hydrogen-bond donors (Lipinski definition) is 1. The summed E-state index contributed by atoms with van der Waals surface area (Å²) in [6.07, 6.45) is 5.43. The maximum absolute atomic E-state index is 6.35. The van der Waals surface area contributed by atoms with Gasteiger partial charge in [-0.1, -0.05) is 29.3 Å². The van der Waals surface area contributed by atoms with E-state index in [4.69, 9.17) is 23.2 Å². The molecule has 2 aromatic heterocycles. The molecule has 1 unspecified atom stereocenters. The fraction of sp³-hybridized carbons (Fsp3) is 0.471. The van der Waals surface area contributed by atoms with Crippen molar-refractivity contribution in [3.63, 3.8) is 0 Å². The topological polar surface area (TPSA) is 28.2 Å². The smallest absolute Gasteiger partial charge is 0.112 e. The lowest BCUT2D eigenvalue weighted by atomic mass is 10.1. The van der Waals surface area contributed by atoms with E-state index in [-0.39, 0.29) is 0 Å². The first-order valence-corrected chi connectivity index (χ1v) is 9.63. The molecule has 1 aliphatic rings. The largest absolute Gasteiger partial charge is 0.317 e. The zero-order chi connectivity index (χ0) is 16.1. The average molecular weight is 370 g/mol. The number of thiophene rings is 1. The van der Waals surface area contributed by atoms with Crippen LogP contribution in [0.1, 0.15) is 30.5 Å². The summed E-state index contributed by atoms with van der Waals surface area (Å²) in [5.74, 6) is 0. The van der Waals surface area contributed by atoms with Crippen molar-refractivity contribution in [3.8, 4) is 0 Å². The van der Waals surface area contributed by atoms with Crippen molar-refractivity contribution < 1.29 is 0 Å². The monoisotopic (exact) mass is 369 g/mol. The van der Waals surface area contributed by atoms with E-state index in [0.717, 1.165) is 43.9 Å². The van der Waals surface area contributed by atoms with Gasteiger partial charge in [0.1, 0.15) is 4.34 Å². The Morgan fingerprint density at radius 2 is 2.13 bits per heavy atom.